The van der Waals surface area contributed by atoms with Crippen molar-refractivity contribution >= 4 is 0 Å². The summed E-state index contributed by atoms with van der Waals surface area (Å²) >= 11 is 0. The monoisotopic (exact) mass is 417 g/mol. The van der Waals surface area contributed by atoms with E-state index in [1.165, 1.54) is 18.5 Å². The van der Waals surface area contributed by atoms with Crippen molar-refractivity contribution in [2.75, 3.05) is 6.54 Å². The van der Waals surface area contributed by atoms with Crippen molar-refractivity contribution in [1.82, 2.24) is 34.6 Å². The third kappa shape index (κ3) is 3.75. The van der Waals surface area contributed by atoms with Gasteiger partial charge in [0.1, 0.15) is 18.0 Å². The second kappa shape index (κ2) is 7.84. The van der Waals surface area contributed by atoms with Crippen LogP contribution in [-0.2, 0) is 19.5 Å². The van der Waals surface area contributed by atoms with Crippen LogP contribution in [0.15, 0.2) is 54.0 Å². The number of nitrogens with zero attached hydrogens (tertiary/aromatic N) is 6. The highest BCUT2D eigenvalue weighted by atomic mass is 19.1. The van der Waals surface area contributed by atoms with Gasteiger partial charge in [-0.25, -0.2) is 24.0 Å². The molecule has 0 radical (unpaired) electrons. The number of aromatic amines is 1. The fourth-order valence-electron chi connectivity index (χ4n) is 3.86. The molecule has 0 saturated carbocycles. The van der Waals surface area contributed by atoms with Gasteiger partial charge in [-0.05, 0) is 31.2 Å². The Hall–Kier alpha value is -3.72. The van der Waals surface area contributed by atoms with E-state index in [-0.39, 0.29) is 11.4 Å². The highest BCUT2D eigenvalue weighted by molar-refractivity contribution is 5.52. The van der Waals surface area contributed by atoms with Crippen LogP contribution < -0.4 is 5.56 Å². The zero-order valence-electron chi connectivity index (χ0n) is 16.9. The number of halogens is 1. The largest absolute Gasteiger partial charge is 0.306 e. The van der Waals surface area contributed by atoms with Crippen molar-refractivity contribution in [2.24, 2.45) is 0 Å². The summed E-state index contributed by atoms with van der Waals surface area (Å²) in [7, 11) is 0. The van der Waals surface area contributed by atoms with Crippen LogP contribution in [-0.4, -0.2) is 41.2 Å². The number of H-pyrrole nitrogens is 1. The number of rotatable bonds is 4. The van der Waals surface area contributed by atoms with Crippen molar-refractivity contribution < 1.29 is 4.39 Å². The molecule has 9 heteroatoms. The molecule has 31 heavy (non-hydrogen) atoms. The molecule has 0 spiro atoms. The molecule has 0 bridgehead atoms. The first kappa shape index (κ1) is 19.3. The molecule has 1 aromatic carbocycles. The maximum absolute atomic E-state index is 13.2. The maximum atomic E-state index is 13.2. The normalized spacial score (nSPS) is 13.9. The van der Waals surface area contributed by atoms with Gasteiger partial charge in [-0.15, -0.1) is 0 Å². The molecular weight excluding hydrogens is 397 g/mol. The third-order valence-corrected chi connectivity index (χ3v) is 5.56. The molecule has 0 unspecified atom stereocenters. The fraction of sp³-hybridized carbons (Fsp3) is 0.227. The van der Waals surface area contributed by atoms with Crippen LogP contribution in [0.25, 0.3) is 17.1 Å². The Morgan fingerprint density at radius 1 is 1.13 bits per heavy atom. The number of hydrogen-bond donors (Lipinski definition) is 1. The summed E-state index contributed by atoms with van der Waals surface area (Å²) in [6.07, 6.45) is 7.22. The molecule has 0 amide bonds. The predicted octanol–water partition coefficient (Wildman–Crippen LogP) is 2.42. The second-order valence-electron chi connectivity index (χ2n) is 7.57. The summed E-state index contributed by atoms with van der Waals surface area (Å²) in [4.78, 5) is 30.4. The van der Waals surface area contributed by atoms with E-state index >= 15 is 0 Å². The predicted molar refractivity (Wildman–Crippen MR) is 112 cm³/mol. The van der Waals surface area contributed by atoms with Crippen LogP contribution in [0.4, 0.5) is 4.39 Å². The molecule has 0 fully saturated rings. The van der Waals surface area contributed by atoms with Gasteiger partial charge in [0.2, 0.25) is 0 Å². The zero-order valence-corrected chi connectivity index (χ0v) is 16.9. The van der Waals surface area contributed by atoms with E-state index in [9.17, 15) is 9.18 Å². The minimum Gasteiger partial charge on any atom is -0.306 e. The average Bonchev–Trinajstić information content (AvgIpc) is 3.15. The molecule has 1 N–H and O–H groups in total. The van der Waals surface area contributed by atoms with Crippen LogP contribution in [0.3, 0.4) is 0 Å². The smallest absolute Gasteiger partial charge is 0.255 e. The first-order valence-electron chi connectivity index (χ1n) is 9.98. The van der Waals surface area contributed by atoms with Crippen LogP contribution in [0.2, 0.25) is 0 Å². The third-order valence-electron chi connectivity index (χ3n) is 5.56. The van der Waals surface area contributed by atoms with Gasteiger partial charge in [0.15, 0.2) is 0 Å². The van der Waals surface area contributed by atoms with Crippen molar-refractivity contribution in [3.63, 3.8) is 0 Å². The molecule has 1 aliphatic rings. The molecular formula is C22H20FN7O. The Labute approximate surface area is 177 Å². The first-order chi connectivity index (χ1) is 15.1. The summed E-state index contributed by atoms with van der Waals surface area (Å²) in [5.41, 5.74) is 4.93. The lowest BCUT2D eigenvalue weighted by atomic mass is 10.1. The van der Waals surface area contributed by atoms with Crippen molar-refractivity contribution in [1.29, 1.82) is 0 Å². The quantitative estimate of drug-likeness (QED) is 0.548. The topological polar surface area (TPSA) is 92.6 Å². The van der Waals surface area contributed by atoms with E-state index < -0.39 is 0 Å². The molecule has 0 saturated heterocycles. The molecule has 4 heterocycles. The van der Waals surface area contributed by atoms with Crippen LogP contribution in [0.1, 0.15) is 22.5 Å². The molecule has 1 aliphatic heterocycles. The molecule has 0 aliphatic carbocycles. The van der Waals surface area contributed by atoms with Crippen LogP contribution in [0.5, 0.6) is 0 Å². The molecule has 3 aromatic heterocycles. The lowest BCUT2D eigenvalue weighted by Crippen LogP contribution is -2.35. The van der Waals surface area contributed by atoms with Gasteiger partial charge in [-0.1, -0.05) is 0 Å². The van der Waals surface area contributed by atoms with E-state index in [2.05, 4.69) is 29.9 Å². The Kier molecular flexibility index (Phi) is 4.87. The molecule has 4 aromatic rings. The summed E-state index contributed by atoms with van der Waals surface area (Å²) in [5.74, 6) is 0.219. The van der Waals surface area contributed by atoms with Gasteiger partial charge in [0.25, 0.3) is 5.56 Å². The number of benzene rings is 1. The van der Waals surface area contributed by atoms with Crippen molar-refractivity contribution in [2.45, 2.75) is 26.4 Å². The highest BCUT2D eigenvalue weighted by Crippen LogP contribution is 2.21. The second-order valence-corrected chi connectivity index (χ2v) is 7.57. The first-order valence-corrected chi connectivity index (χ1v) is 9.98. The number of nitrogens with one attached hydrogen (secondary N) is 1. The highest BCUT2D eigenvalue weighted by Gasteiger charge is 2.23. The summed E-state index contributed by atoms with van der Waals surface area (Å²) in [6.45, 7) is 3.96. The van der Waals surface area contributed by atoms with Gasteiger partial charge in [0, 0.05) is 49.7 Å². The Morgan fingerprint density at radius 3 is 2.68 bits per heavy atom. The van der Waals surface area contributed by atoms with E-state index in [1.807, 2.05) is 13.1 Å². The van der Waals surface area contributed by atoms with E-state index in [4.69, 9.17) is 0 Å². The van der Waals surface area contributed by atoms with E-state index in [0.29, 0.717) is 36.5 Å². The number of aromatic nitrogens is 6. The Bertz CT molecular complexity index is 1280. The molecule has 0 atom stereocenters. The number of hydrogen-bond acceptors (Lipinski definition) is 6. The SMILES string of the molecule is Cc1c(CN2CCc3nc(-c4cncnc4)[nH]c(=O)c3C2)cnn1-c1ccc(F)cc1. The standard InChI is InChI=1S/C22H20FN7O/c1-14-16(10-26-30(14)18-4-2-17(23)3-5-18)11-29-7-6-20-19(12-29)22(31)28-21(27-20)15-8-24-13-25-9-15/h2-5,8-10,13H,6-7,11-12H2,1H3,(H,27,28,31). The number of fused-ring (bicyclic) bond motifs is 1. The van der Waals surface area contributed by atoms with Crippen LogP contribution >= 0.6 is 0 Å². The lowest BCUT2D eigenvalue weighted by molar-refractivity contribution is 0.241. The summed E-state index contributed by atoms with van der Waals surface area (Å²) < 4.78 is 15.0. The van der Waals surface area contributed by atoms with Gasteiger partial charge in [0.05, 0.1) is 28.7 Å². The average molecular weight is 417 g/mol. The van der Waals surface area contributed by atoms with Gasteiger partial charge >= 0.3 is 0 Å². The van der Waals surface area contributed by atoms with Gasteiger partial charge < -0.3 is 4.98 Å². The molecule has 5 rings (SSSR count). The van der Waals surface area contributed by atoms with Crippen LogP contribution in [0, 0.1) is 12.7 Å². The van der Waals surface area contributed by atoms with Crippen molar-refractivity contribution in [3.05, 3.63) is 87.9 Å². The minimum atomic E-state index is -0.275. The fourth-order valence-corrected chi connectivity index (χ4v) is 3.86. The van der Waals surface area contributed by atoms with Crippen molar-refractivity contribution in [3.8, 4) is 17.1 Å². The van der Waals surface area contributed by atoms with E-state index in [1.54, 1.807) is 29.2 Å². The Morgan fingerprint density at radius 2 is 1.90 bits per heavy atom. The van der Waals surface area contributed by atoms with E-state index in [0.717, 1.165) is 29.2 Å². The Balaban J connectivity index is 1.36. The summed E-state index contributed by atoms with van der Waals surface area (Å²) in [6, 6.07) is 6.26. The summed E-state index contributed by atoms with van der Waals surface area (Å²) in [5, 5.41) is 4.46. The lowest BCUT2D eigenvalue weighted by Gasteiger charge is -2.27. The molecule has 8 nitrogen and oxygen atoms in total. The van der Waals surface area contributed by atoms with Gasteiger partial charge in [-0.2, -0.15) is 5.10 Å². The van der Waals surface area contributed by atoms with Gasteiger partial charge in [-0.3, -0.25) is 9.69 Å². The zero-order chi connectivity index (χ0) is 21.4. The molecule has 156 valence electrons. The maximum Gasteiger partial charge on any atom is 0.255 e. The minimum absolute atomic E-state index is 0.132.